The summed E-state index contributed by atoms with van der Waals surface area (Å²) in [6.45, 7) is 11.2. The van der Waals surface area contributed by atoms with E-state index in [2.05, 4.69) is 127 Å². The Balaban J connectivity index is 1.51. The number of benzene rings is 3. The number of hydrogen-bond donors (Lipinski definition) is 2. The molecular formula is C35H44N4. The van der Waals surface area contributed by atoms with E-state index >= 15 is 0 Å². The Morgan fingerprint density at radius 3 is 1.97 bits per heavy atom. The Kier molecular flexibility index (Phi) is 8.95. The number of H-pyrrole nitrogens is 1. The van der Waals surface area contributed by atoms with Crippen LogP contribution < -0.4 is 5.32 Å². The summed E-state index contributed by atoms with van der Waals surface area (Å²) in [5, 5.41) is 3.59. The second-order valence-electron chi connectivity index (χ2n) is 11.2. The lowest BCUT2D eigenvalue weighted by atomic mass is 9.73. The topological polar surface area (TPSA) is 44.0 Å². The Hall–Kier alpha value is -3.21. The number of aryl methyl sites for hydroxylation is 1. The SMILES string of the molecule is CCC(C)C(CCCC(c1ccccc1)c1ccccc1)(c1nc(-c2ccccc2)[nH]c1C)N1CCNCC1. The van der Waals surface area contributed by atoms with Crippen molar-refractivity contribution in [3.8, 4) is 11.4 Å². The molecule has 1 aliphatic heterocycles. The predicted octanol–water partition coefficient (Wildman–Crippen LogP) is 7.53. The lowest BCUT2D eigenvalue weighted by Crippen LogP contribution is -2.57. The maximum atomic E-state index is 5.39. The van der Waals surface area contributed by atoms with Gasteiger partial charge in [-0.1, -0.05) is 118 Å². The van der Waals surface area contributed by atoms with Crippen molar-refractivity contribution < 1.29 is 0 Å². The minimum atomic E-state index is -0.109. The molecule has 4 heteroatoms. The van der Waals surface area contributed by atoms with Crippen molar-refractivity contribution in [2.75, 3.05) is 26.2 Å². The van der Waals surface area contributed by atoms with E-state index in [-0.39, 0.29) is 5.54 Å². The van der Waals surface area contributed by atoms with Gasteiger partial charge in [0.2, 0.25) is 0 Å². The third-order valence-corrected chi connectivity index (χ3v) is 8.91. The van der Waals surface area contributed by atoms with E-state index in [0.717, 1.165) is 63.3 Å². The molecule has 4 aromatic rings. The van der Waals surface area contributed by atoms with E-state index in [1.165, 1.54) is 22.5 Å². The van der Waals surface area contributed by atoms with Gasteiger partial charge in [0.15, 0.2) is 0 Å². The van der Waals surface area contributed by atoms with Crippen LogP contribution >= 0.6 is 0 Å². The lowest BCUT2D eigenvalue weighted by molar-refractivity contribution is 0.00761. The molecule has 0 spiro atoms. The van der Waals surface area contributed by atoms with Gasteiger partial charge in [-0.15, -0.1) is 0 Å². The molecule has 0 amide bonds. The second-order valence-corrected chi connectivity index (χ2v) is 11.2. The molecular weight excluding hydrogens is 476 g/mol. The number of piperazine rings is 1. The van der Waals surface area contributed by atoms with Crippen LogP contribution in [0.4, 0.5) is 0 Å². The zero-order chi connectivity index (χ0) is 27.1. The Labute approximate surface area is 234 Å². The highest BCUT2D eigenvalue weighted by atomic mass is 15.3. The molecule has 0 radical (unpaired) electrons. The summed E-state index contributed by atoms with van der Waals surface area (Å²) in [4.78, 5) is 11.8. The number of nitrogens with zero attached hydrogens (tertiary/aromatic N) is 2. The highest BCUT2D eigenvalue weighted by molar-refractivity contribution is 5.56. The second kappa shape index (κ2) is 12.8. The van der Waals surface area contributed by atoms with Crippen LogP contribution in [0.15, 0.2) is 91.0 Å². The van der Waals surface area contributed by atoms with Crippen LogP contribution in [-0.4, -0.2) is 41.0 Å². The van der Waals surface area contributed by atoms with Crippen LogP contribution in [0.25, 0.3) is 11.4 Å². The zero-order valence-corrected chi connectivity index (χ0v) is 23.9. The summed E-state index contributed by atoms with van der Waals surface area (Å²) >= 11 is 0. The van der Waals surface area contributed by atoms with Crippen molar-refractivity contribution in [2.24, 2.45) is 5.92 Å². The van der Waals surface area contributed by atoms with Gasteiger partial charge in [0.05, 0.1) is 11.2 Å². The molecule has 2 unspecified atom stereocenters. The molecule has 39 heavy (non-hydrogen) atoms. The first-order chi connectivity index (χ1) is 19.1. The number of aromatic nitrogens is 2. The van der Waals surface area contributed by atoms with E-state index in [9.17, 15) is 0 Å². The van der Waals surface area contributed by atoms with Crippen molar-refractivity contribution in [3.63, 3.8) is 0 Å². The van der Waals surface area contributed by atoms with Gasteiger partial charge in [-0.2, -0.15) is 0 Å². The average Bonchev–Trinajstić information content (AvgIpc) is 3.40. The van der Waals surface area contributed by atoms with Crippen molar-refractivity contribution in [3.05, 3.63) is 114 Å². The van der Waals surface area contributed by atoms with Crippen molar-refractivity contribution in [2.45, 2.75) is 57.9 Å². The van der Waals surface area contributed by atoms with E-state index < -0.39 is 0 Å². The number of nitrogens with one attached hydrogen (secondary N) is 2. The molecule has 2 N–H and O–H groups in total. The van der Waals surface area contributed by atoms with Crippen molar-refractivity contribution in [1.29, 1.82) is 0 Å². The molecule has 4 nitrogen and oxygen atoms in total. The monoisotopic (exact) mass is 520 g/mol. The summed E-state index contributed by atoms with van der Waals surface area (Å²) in [6, 6.07) is 32.7. The van der Waals surface area contributed by atoms with Crippen LogP contribution in [-0.2, 0) is 5.54 Å². The van der Waals surface area contributed by atoms with Gasteiger partial charge >= 0.3 is 0 Å². The summed E-state index contributed by atoms with van der Waals surface area (Å²) in [5.74, 6) is 1.86. The molecule has 1 aliphatic rings. The average molecular weight is 521 g/mol. The molecule has 0 aliphatic carbocycles. The fraction of sp³-hybridized carbons (Fsp3) is 0.400. The van der Waals surface area contributed by atoms with Crippen LogP contribution in [0.3, 0.4) is 0 Å². The first kappa shape index (κ1) is 27.4. The normalized spacial score (nSPS) is 16.7. The summed E-state index contributed by atoms with van der Waals surface area (Å²) < 4.78 is 0. The molecule has 0 bridgehead atoms. The molecule has 1 saturated heterocycles. The van der Waals surface area contributed by atoms with E-state index in [1.54, 1.807) is 0 Å². The third kappa shape index (κ3) is 5.88. The fourth-order valence-electron chi connectivity index (χ4n) is 6.71. The zero-order valence-electron chi connectivity index (χ0n) is 23.9. The number of hydrogen-bond acceptors (Lipinski definition) is 3. The summed E-state index contributed by atoms with van der Waals surface area (Å²) in [5.41, 5.74) is 6.30. The van der Waals surface area contributed by atoms with Gasteiger partial charge in [0, 0.05) is 43.4 Å². The van der Waals surface area contributed by atoms with Crippen LogP contribution in [0.5, 0.6) is 0 Å². The smallest absolute Gasteiger partial charge is 0.137 e. The van der Waals surface area contributed by atoms with Crippen LogP contribution in [0.1, 0.15) is 68.0 Å². The Morgan fingerprint density at radius 2 is 1.41 bits per heavy atom. The molecule has 5 rings (SSSR count). The number of rotatable bonds is 11. The molecule has 0 saturated carbocycles. The lowest BCUT2D eigenvalue weighted by Gasteiger charge is -2.49. The molecule has 204 valence electrons. The quantitative estimate of drug-likeness (QED) is 0.215. The van der Waals surface area contributed by atoms with Crippen LogP contribution in [0.2, 0.25) is 0 Å². The number of imidazole rings is 1. The van der Waals surface area contributed by atoms with E-state index in [4.69, 9.17) is 4.98 Å². The fourth-order valence-corrected chi connectivity index (χ4v) is 6.71. The maximum absolute atomic E-state index is 5.39. The van der Waals surface area contributed by atoms with E-state index in [1.807, 2.05) is 0 Å². The van der Waals surface area contributed by atoms with Gasteiger partial charge in [0.1, 0.15) is 5.82 Å². The third-order valence-electron chi connectivity index (χ3n) is 8.91. The largest absolute Gasteiger partial charge is 0.342 e. The molecule has 2 heterocycles. The minimum absolute atomic E-state index is 0.109. The van der Waals surface area contributed by atoms with Gasteiger partial charge in [-0.25, -0.2) is 4.98 Å². The van der Waals surface area contributed by atoms with Crippen LogP contribution in [0, 0.1) is 12.8 Å². The Bertz CT molecular complexity index is 1240. The molecule has 1 aromatic heterocycles. The first-order valence-electron chi connectivity index (χ1n) is 14.8. The minimum Gasteiger partial charge on any atom is -0.342 e. The predicted molar refractivity (Wildman–Crippen MR) is 163 cm³/mol. The van der Waals surface area contributed by atoms with Crippen molar-refractivity contribution in [1.82, 2.24) is 20.2 Å². The molecule has 3 aromatic carbocycles. The van der Waals surface area contributed by atoms with E-state index in [0.29, 0.717) is 11.8 Å². The number of aromatic amines is 1. The maximum Gasteiger partial charge on any atom is 0.137 e. The highest BCUT2D eigenvalue weighted by Gasteiger charge is 2.45. The van der Waals surface area contributed by atoms with Gasteiger partial charge < -0.3 is 10.3 Å². The molecule has 2 atom stereocenters. The highest BCUT2D eigenvalue weighted by Crippen LogP contribution is 2.45. The van der Waals surface area contributed by atoms with Crippen molar-refractivity contribution >= 4 is 0 Å². The Morgan fingerprint density at radius 1 is 0.846 bits per heavy atom. The first-order valence-corrected chi connectivity index (χ1v) is 14.8. The van der Waals surface area contributed by atoms with Gasteiger partial charge in [-0.05, 0) is 36.8 Å². The van der Waals surface area contributed by atoms with Gasteiger partial charge in [0.25, 0.3) is 0 Å². The summed E-state index contributed by atoms with van der Waals surface area (Å²) in [7, 11) is 0. The van der Waals surface area contributed by atoms with Gasteiger partial charge in [-0.3, -0.25) is 4.90 Å². The molecule has 1 fully saturated rings. The summed E-state index contributed by atoms with van der Waals surface area (Å²) in [6.07, 6.45) is 4.47. The standard InChI is InChI=1S/C35H44N4/c1-4-27(2)35(39-25-23-36-24-26-39,33-28(3)37-34(38-33)31-19-12-7-13-20-31)22-14-21-32(29-15-8-5-9-16-29)30-17-10-6-11-18-30/h5-13,15-20,27,32,36H,4,14,21-26H2,1-3H3,(H,37,38).